The van der Waals surface area contributed by atoms with Gasteiger partial charge in [-0.2, -0.15) is 15.3 Å². The van der Waals surface area contributed by atoms with Crippen LogP contribution in [0.15, 0.2) is 91.6 Å². The van der Waals surface area contributed by atoms with Crippen molar-refractivity contribution in [3.8, 4) is 16.9 Å². The van der Waals surface area contributed by atoms with Crippen molar-refractivity contribution in [3.63, 3.8) is 0 Å². The Bertz CT molecular complexity index is 1370. The number of nitrogens with one attached hydrogen (secondary N) is 1. The number of hydrogen-bond acceptors (Lipinski definition) is 4. The predicted octanol–water partition coefficient (Wildman–Crippen LogP) is 4.25. The van der Waals surface area contributed by atoms with Crippen LogP contribution in [-0.4, -0.2) is 35.2 Å². The van der Waals surface area contributed by atoms with Crippen LogP contribution in [0.3, 0.4) is 0 Å². The normalized spacial score (nSPS) is 10.9. The zero-order valence-electron chi connectivity index (χ0n) is 18.2. The molecule has 3 aromatic heterocycles. The molecule has 0 aliphatic carbocycles. The number of benzene rings is 2. The largest absolute Gasteiger partial charge is 0.319 e. The second-order valence-corrected chi connectivity index (χ2v) is 7.62. The van der Waals surface area contributed by atoms with Crippen molar-refractivity contribution in [3.05, 3.63) is 103 Å². The third kappa shape index (κ3) is 4.45. The van der Waals surface area contributed by atoms with E-state index >= 15 is 0 Å². The molecule has 8 heteroatoms. The Kier molecular flexibility index (Phi) is 5.55. The van der Waals surface area contributed by atoms with Crippen molar-refractivity contribution < 1.29 is 4.79 Å². The highest BCUT2D eigenvalue weighted by Gasteiger charge is 2.19. The molecule has 0 saturated heterocycles. The fraction of sp³-hybridized carbons (Fsp3) is 0.120. The molecule has 5 aromatic rings. The molecule has 0 saturated carbocycles. The van der Waals surface area contributed by atoms with E-state index in [1.54, 1.807) is 21.8 Å². The van der Waals surface area contributed by atoms with Crippen LogP contribution in [0.25, 0.3) is 16.9 Å². The molecule has 164 valence electrons. The number of aromatic nitrogens is 6. The molecule has 3 heterocycles. The Morgan fingerprint density at radius 1 is 0.879 bits per heavy atom. The fourth-order valence-electron chi connectivity index (χ4n) is 3.62. The average Bonchev–Trinajstić information content (AvgIpc) is 3.60. The Morgan fingerprint density at radius 2 is 1.61 bits per heavy atom. The SMILES string of the molecule is CCn1cc(Cn2cc(NC(=O)c3cn(-c4ccccc4)nc3-c3ccccc3)cn2)cn1. The summed E-state index contributed by atoms with van der Waals surface area (Å²) in [5.74, 6) is -0.241. The number of carbonyl (C=O) groups excluding carboxylic acids is 1. The summed E-state index contributed by atoms with van der Waals surface area (Å²) < 4.78 is 5.38. The van der Waals surface area contributed by atoms with Crippen LogP contribution in [0.1, 0.15) is 22.8 Å². The Hall–Kier alpha value is -4.46. The third-order valence-electron chi connectivity index (χ3n) is 5.27. The summed E-state index contributed by atoms with van der Waals surface area (Å²) in [5, 5.41) is 16.3. The van der Waals surface area contributed by atoms with Gasteiger partial charge in [-0.15, -0.1) is 0 Å². The summed E-state index contributed by atoms with van der Waals surface area (Å²) in [6.45, 7) is 3.44. The molecule has 0 aliphatic heterocycles. The molecule has 0 fully saturated rings. The lowest BCUT2D eigenvalue weighted by atomic mass is 10.1. The number of rotatable bonds is 7. The quantitative estimate of drug-likeness (QED) is 0.413. The molecule has 33 heavy (non-hydrogen) atoms. The predicted molar refractivity (Wildman–Crippen MR) is 126 cm³/mol. The molecular weight excluding hydrogens is 414 g/mol. The Balaban J connectivity index is 1.40. The van der Waals surface area contributed by atoms with E-state index in [0.717, 1.165) is 23.4 Å². The van der Waals surface area contributed by atoms with Gasteiger partial charge >= 0.3 is 0 Å². The van der Waals surface area contributed by atoms with Crippen LogP contribution in [0.4, 0.5) is 5.69 Å². The van der Waals surface area contributed by atoms with Crippen LogP contribution >= 0.6 is 0 Å². The number of anilines is 1. The molecule has 1 amide bonds. The first-order valence-corrected chi connectivity index (χ1v) is 10.8. The number of amides is 1. The van der Waals surface area contributed by atoms with E-state index in [0.29, 0.717) is 23.5 Å². The minimum atomic E-state index is -0.241. The molecule has 0 radical (unpaired) electrons. The van der Waals surface area contributed by atoms with Gasteiger partial charge in [-0.25, -0.2) is 4.68 Å². The monoisotopic (exact) mass is 437 g/mol. The highest BCUT2D eigenvalue weighted by Crippen LogP contribution is 2.24. The van der Waals surface area contributed by atoms with Crippen LogP contribution in [0.2, 0.25) is 0 Å². The zero-order chi connectivity index (χ0) is 22.6. The van der Waals surface area contributed by atoms with Crippen LogP contribution < -0.4 is 5.32 Å². The molecule has 0 unspecified atom stereocenters. The molecule has 0 spiro atoms. The molecule has 0 aliphatic rings. The lowest BCUT2D eigenvalue weighted by molar-refractivity contribution is 0.102. The van der Waals surface area contributed by atoms with Crippen molar-refractivity contribution in [1.82, 2.24) is 29.3 Å². The maximum Gasteiger partial charge on any atom is 0.259 e. The maximum absolute atomic E-state index is 13.2. The second-order valence-electron chi connectivity index (χ2n) is 7.62. The van der Waals surface area contributed by atoms with E-state index in [-0.39, 0.29) is 5.91 Å². The van der Waals surface area contributed by atoms with E-state index in [1.807, 2.05) is 90.9 Å². The number of para-hydroxylation sites is 1. The van der Waals surface area contributed by atoms with Gasteiger partial charge in [0.05, 0.1) is 35.9 Å². The third-order valence-corrected chi connectivity index (χ3v) is 5.27. The fourth-order valence-corrected chi connectivity index (χ4v) is 3.62. The molecular formula is C25H23N7O. The first-order chi connectivity index (χ1) is 16.2. The van der Waals surface area contributed by atoms with Crippen molar-refractivity contribution >= 4 is 11.6 Å². The molecule has 8 nitrogen and oxygen atoms in total. The van der Waals surface area contributed by atoms with Crippen molar-refractivity contribution in [1.29, 1.82) is 0 Å². The van der Waals surface area contributed by atoms with Gasteiger partial charge in [0.25, 0.3) is 5.91 Å². The number of nitrogens with zero attached hydrogens (tertiary/aromatic N) is 6. The van der Waals surface area contributed by atoms with Gasteiger partial charge in [-0.05, 0) is 19.1 Å². The van der Waals surface area contributed by atoms with E-state index in [1.165, 1.54) is 0 Å². The Morgan fingerprint density at radius 3 is 2.33 bits per heavy atom. The summed E-state index contributed by atoms with van der Waals surface area (Å²) in [4.78, 5) is 13.2. The lowest BCUT2D eigenvalue weighted by Crippen LogP contribution is -2.12. The van der Waals surface area contributed by atoms with E-state index in [9.17, 15) is 4.79 Å². The topological polar surface area (TPSA) is 82.6 Å². The minimum absolute atomic E-state index is 0.241. The first-order valence-electron chi connectivity index (χ1n) is 10.8. The van der Waals surface area contributed by atoms with Crippen molar-refractivity contribution in [2.24, 2.45) is 0 Å². The molecule has 2 aromatic carbocycles. The minimum Gasteiger partial charge on any atom is -0.319 e. The van der Waals surface area contributed by atoms with E-state index < -0.39 is 0 Å². The van der Waals surface area contributed by atoms with Crippen LogP contribution in [0.5, 0.6) is 0 Å². The van der Waals surface area contributed by atoms with Crippen molar-refractivity contribution in [2.45, 2.75) is 20.0 Å². The average molecular weight is 438 g/mol. The highest BCUT2D eigenvalue weighted by atomic mass is 16.1. The smallest absolute Gasteiger partial charge is 0.259 e. The van der Waals surface area contributed by atoms with Gasteiger partial charge in [0.2, 0.25) is 0 Å². The molecule has 0 bridgehead atoms. The summed E-state index contributed by atoms with van der Waals surface area (Å²) in [7, 11) is 0. The maximum atomic E-state index is 13.2. The standard InChI is InChI=1S/C25H23N7O/c1-2-30-15-19(13-26-30)16-31-17-21(14-27-31)28-25(33)23-18-32(22-11-7-4-8-12-22)29-24(23)20-9-5-3-6-10-20/h3-15,17-18H,2,16H2,1H3,(H,28,33). The molecule has 5 rings (SSSR count). The number of hydrogen-bond donors (Lipinski definition) is 1. The Labute approximate surface area is 191 Å². The molecule has 0 atom stereocenters. The van der Waals surface area contributed by atoms with Gasteiger partial charge < -0.3 is 5.32 Å². The van der Waals surface area contributed by atoms with E-state index in [4.69, 9.17) is 5.10 Å². The van der Waals surface area contributed by atoms with Gasteiger partial charge in [0, 0.05) is 36.3 Å². The summed E-state index contributed by atoms with van der Waals surface area (Å²) >= 11 is 0. The zero-order valence-corrected chi connectivity index (χ0v) is 18.2. The molecule has 1 N–H and O–H groups in total. The van der Waals surface area contributed by atoms with Gasteiger partial charge in [-0.1, -0.05) is 48.5 Å². The summed E-state index contributed by atoms with van der Waals surface area (Å²) in [5.41, 5.74) is 4.54. The van der Waals surface area contributed by atoms with Crippen molar-refractivity contribution in [2.75, 3.05) is 5.32 Å². The van der Waals surface area contributed by atoms with Crippen LogP contribution in [-0.2, 0) is 13.1 Å². The first kappa shape index (κ1) is 20.4. The highest BCUT2D eigenvalue weighted by molar-refractivity contribution is 6.08. The van der Waals surface area contributed by atoms with Gasteiger partial charge in [0.15, 0.2) is 0 Å². The van der Waals surface area contributed by atoms with E-state index in [2.05, 4.69) is 15.5 Å². The number of carbonyl (C=O) groups is 1. The summed E-state index contributed by atoms with van der Waals surface area (Å²) in [6.07, 6.45) is 9.03. The summed E-state index contributed by atoms with van der Waals surface area (Å²) in [6, 6.07) is 19.4. The van der Waals surface area contributed by atoms with Crippen LogP contribution in [0, 0.1) is 0 Å². The second kappa shape index (κ2) is 8.96. The van der Waals surface area contributed by atoms with Gasteiger partial charge in [0.1, 0.15) is 5.69 Å². The lowest BCUT2D eigenvalue weighted by Gasteiger charge is -2.03. The number of aryl methyl sites for hydroxylation is 1. The van der Waals surface area contributed by atoms with Gasteiger partial charge in [-0.3, -0.25) is 14.2 Å².